The first-order valence-electron chi connectivity index (χ1n) is 9.37. The number of rotatable bonds is 4. The van der Waals surface area contributed by atoms with Gasteiger partial charge < -0.3 is 19.5 Å². The molecule has 2 aromatic carbocycles. The number of benzene rings is 2. The second kappa shape index (κ2) is 7.35. The zero-order valence-corrected chi connectivity index (χ0v) is 15.9. The number of carbonyl (C=O) groups is 1. The number of aromatic amines is 1. The van der Waals surface area contributed by atoms with Gasteiger partial charge in [0.25, 0.3) is 0 Å². The van der Waals surface area contributed by atoms with Crippen molar-refractivity contribution in [3.63, 3.8) is 0 Å². The van der Waals surface area contributed by atoms with Gasteiger partial charge in [0.15, 0.2) is 0 Å². The lowest BCUT2D eigenvalue weighted by Gasteiger charge is -2.36. The van der Waals surface area contributed by atoms with E-state index in [1.807, 2.05) is 29.3 Å². The van der Waals surface area contributed by atoms with Crippen molar-refractivity contribution in [3.05, 3.63) is 59.8 Å². The first-order chi connectivity index (χ1) is 13.1. The molecule has 5 heteroatoms. The maximum atomic E-state index is 12.8. The largest absolute Gasteiger partial charge is 0.497 e. The van der Waals surface area contributed by atoms with E-state index in [1.165, 1.54) is 11.3 Å². The SMILES string of the molecule is COc1ccc2[nH]cc(CC(=O)N3CCN(c4cccc(C)c4)CC3)c2c1. The number of aromatic nitrogens is 1. The van der Waals surface area contributed by atoms with Gasteiger partial charge in [-0.05, 0) is 48.4 Å². The molecule has 1 amide bonds. The number of ether oxygens (including phenoxy) is 1. The summed E-state index contributed by atoms with van der Waals surface area (Å²) in [5, 5.41) is 1.06. The molecule has 1 N–H and O–H groups in total. The van der Waals surface area contributed by atoms with Crippen molar-refractivity contribution in [2.75, 3.05) is 38.2 Å². The zero-order valence-electron chi connectivity index (χ0n) is 15.9. The summed E-state index contributed by atoms with van der Waals surface area (Å²) < 4.78 is 5.32. The molecule has 1 aliphatic heterocycles. The minimum atomic E-state index is 0.183. The number of hydrogen-bond acceptors (Lipinski definition) is 3. The molecule has 4 rings (SSSR count). The summed E-state index contributed by atoms with van der Waals surface area (Å²) in [6.45, 7) is 5.38. The van der Waals surface area contributed by atoms with Gasteiger partial charge in [-0.2, -0.15) is 0 Å². The van der Waals surface area contributed by atoms with E-state index >= 15 is 0 Å². The van der Waals surface area contributed by atoms with E-state index in [2.05, 4.69) is 41.1 Å². The highest BCUT2D eigenvalue weighted by Crippen LogP contribution is 2.25. The molecule has 1 fully saturated rings. The van der Waals surface area contributed by atoms with E-state index in [1.54, 1.807) is 7.11 Å². The van der Waals surface area contributed by atoms with Crippen LogP contribution in [0.2, 0.25) is 0 Å². The van der Waals surface area contributed by atoms with E-state index in [4.69, 9.17) is 4.74 Å². The van der Waals surface area contributed by atoms with Gasteiger partial charge >= 0.3 is 0 Å². The van der Waals surface area contributed by atoms with Gasteiger partial charge in [0.1, 0.15) is 5.75 Å². The fraction of sp³-hybridized carbons (Fsp3) is 0.318. The highest BCUT2D eigenvalue weighted by molar-refractivity contribution is 5.89. The number of piperazine rings is 1. The van der Waals surface area contributed by atoms with Crippen LogP contribution in [0.4, 0.5) is 5.69 Å². The number of methoxy groups -OCH3 is 1. The van der Waals surface area contributed by atoms with E-state index in [-0.39, 0.29) is 5.91 Å². The van der Waals surface area contributed by atoms with Crippen molar-refractivity contribution in [2.45, 2.75) is 13.3 Å². The summed E-state index contributed by atoms with van der Waals surface area (Å²) in [6, 6.07) is 14.5. The Morgan fingerprint density at radius 3 is 2.67 bits per heavy atom. The quantitative estimate of drug-likeness (QED) is 0.773. The Labute approximate surface area is 159 Å². The Kier molecular flexibility index (Phi) is 4.75. The van der Waals surface area contributed by atoms with Gasteiger partial charge in [0, 0.05) is 49.0 Å². The number of carbonyl (C=O) groups excluding carboxylic acids is 1. The van der Waals surface area contributed by atoms with Gasteiger partial charge in [-0.1, -0.05) is 12.1 Å². The predicted octanol–water partition coefficient (Wildman–Crippen LogP) is 3.38. The average Bonchev–Trinajstić information content (AvgIpc) is 3.10. The van der Waals surface area contributed by atoms with Crippen LogP contribution in [0.25, 0.3) is 10.9 Å². The third-order valence-corrected chi connectivity index (χ3v) is 5.32. The monoisotopic (exact) mass is 363 g/mol. The average molecular weight is 363 g/mol. The fourth-order valence-corrected chi connectivity index (χ4v) is 3.74. The molecule has 3 aromatic rings. The van der Waals surface area contributed by atoms with Crippen LogP contribution in [0.3, 0.4) is 0 Å². The van der Waals surface area contributed by atoms with Crippen molar-refractivity contribution in [2.24, 2.45) is 0 Å². The van der Waals surface area contributed by atoms with Crippen LogP contribution < -0.4 is 9.64 Å². The zero-order chi connectivity index (χ0) is 18.8. The lowest BCUT2D eigenvalue weighted by atomic mass is 10.1. The summed E-state index contributed by atoms with van der Waals surface area (Å²) in [6.07, 6.45) is 2.35. The van der Waals surface area contributed by atoms with Crippen LogP contribution in [-0.2, 0) is 11.2 Å². The molecule has 2 heterocycles. The molecule has 0 radical (unpaired) electrons. The van der Waals surface area contributed by atoms with Crippen LogP contribution in [0.15, 0.2) is 48.7 Å². The smallest absolute Gasteiger partial charge is 0.227 e. The molecule has 0 spiro atoms. The van der Waals surface area contributed by atoms with E-state index in [9.17, 15) is 4.79 Å². The highest BCUT2D eigenvalue weighted by atomic mass is 16.5. The molecule has 1 aliphatic rings. The van der Waals surface area contributed by atoms with Crippen LogP contribution in [-0.4, -0.2) is 49.1 Å². The summed E-state index contributed by atoms with van der Waals surface area (Å²) in [5.74, 6) is 0.991. The van der Waals surface area contributed by atoms with Gasteiger partial charge in [-0.25, -0.2) is 0 Å². The van der Waals surface area contributed by atoms with Crippen molar-refractivity contribution in [1.82, 2.24) is 9.88 Å². The van der Waals surface area contributed by atoms with E-state index in [0.29, 0.717) is 6.42 Å². The number of amides is 1. The Morgan fingerprint density at radius 2 is 1.93 bits per heavy atom. The molecule has 140 valence electrons. The van der Waals surface area contributed by atoms with E-state index < -0.39 is 0 Å². The van der Waals surface area contributed by atoms with Crippen LogP contribution in [0.1, 0.15) is 11.1 Å². The summed E-state index contributed by atoms with van der Waals surface area (Å²) in [5.41, 5.74) is 4.56. The lowest BCUT2D eigenvalue weighted by molar-refractivity contribution is -0.130. The number of anilines is 1. The van der Waals surface area contributed by atoms with Gasteiger partial charge in [0.2, 0.25) is 5.91 Å². The molecular formula is C22H25N3O2. The normalized spacial score (nSPS) is 14.6. The van der Waals surface area contributed by atoms with Crippen molar-refractivity contribution < 1.29 is 9.53 Å². The molecule has 1 saturated heterocycles. The number of hydrogen-bond donors (Lipinski definition) is 1. The first-order valence-corrected chi connectivity index (χ1v) is 9.37. The molecule has 0 atom stereocenters. The number of H-pyrrole nitrogens is 1. The number of fused-ring (bicyclic) bond motifs is 1. The van der Waals surface area contributed by atoms with Crippen LogP contribution in [0.5, 0.6) is 5.75 Å². The van der Waals surface area contributed by atoms with Crippen LogP contribution in [0, 0.1) is 6.92 Å². The second-order valence-corrected chi connectivity index (χ2v) is 7.11. The number of nitrogens with one attached hydrogen (secondary N) is 1. The third kappa shape index (κ3) is 3.63. The topological polar surface area (TPSA) is 48.6 Å². The van der Waals surface area contributed by atoms with Gasteiger partial charge in [-0.3, -0.25) is 4.79 Å². The highest BCUT2D eigenvalue weighted by Gasteiger charge is 2.22. The molecule has 1 aromatic heterocycles. The Hall–Kier alpha value is -2.95. The molecule has 5 nitrogen and oxygen atoms in total. The third-order valence-electron chi connectivity index (χ3n) is 5.32. The first kappa shape index (κ1) is 17.5. The maximum absolute atomic E-state index is 12.8. The maximum Gasteiger partial charge on any atom is 0.227 e. The number of aryl methyl sites for hydroxylation is 1. The predicted molar refractivity (Wildman–Crippen MR) is 109 cm³/mol. The van der Waals surface area contributed by atoms with Crippen LogP contribution >= 0.6 is 0 Å². The summed E-state index contributed by atoms with van der Waals surface area (Å²) >= 11 is 0. The standard InChI is InChI=1S/C22H25N3O2/c1-16-4-3-5-18(12-16)24-8-10-25(11-9-24)22(26)13-17-15-23-21-7-6-19(27-2)14-20(17)21/h3-7,12,14-15,23H,8-11,13H2,1-2H3. The van der Waals surface area contributed by atoms with Gasteiger partial charge in [0.05, 0.1) is 13.5 Å². The number of nitrogens with zero attached hydrogens (tertiary/aromatic N) is 2. The molecule has 0 aliphatic carbocycles. The Morgan fingerprint density at radius 1 is 1.11 bits per heavy atom. The minimum absolute atomic E-state index is 0.183. The fourth-order valence-electron chi connectivity index (χ4n) is 3.74. The molecular weight excluding hydrogens is 338 g/mol. The van der Waals surface area contributed by atoms with E-state index in [0.717, 1.165) is 48.4 Å². The Bertz CT molecular complexity index is 955. The molecule has 27 heavy (non-hydrogen) atoms. The minimum Gasteiger partial charge on any atom is -0.497 e. The second-order valence-electron chi connectivity index (χ2n) is 7.11. The summed E-state index contributed by atoms with van der Waals surface area (Å²) in [7, 11) is 1.66. The lowest BCUT2D eigenvalue weighted by Crippen LogP contribution is -2.49. The van der Waals surface area contributed by atoms with Gasteiger partial charge in [-0.15, -0.1) is 0 Å². The molecule has 0 bridgehead atoms. The van der Waals surface area contributed by atoms with Crippen molar-refractivity contribution >= 4 is 22.5 Å². The van der Waals surface area contributed by atoms with Crippen molar-refractivity contribution in [1.29, 1.82) is 0 Å². The molecule has 0 unspecified atom stereocenters. The van der Waals surface area contributed by atoms with Crippen molar-refractivity contribution in [3.8, 4) is 5.75 Å². The molecule has 0 saturated carbocycles. The Balaban J connectivity index is 1.41. The summed E-state index contributed by atoms with van der Waals surface area (Å²) in [4.78, 5) is 20.4.